The van der Waals surface area contributed by atoms with Crippen molar-refractivity contribution in [2.75, 3.05) is 4.72 Å². The Morgan fingerprint density at radius 3 is 2.07 bits per heavy atom. The standard InChI is InChI=1S/C19H13F2NO4S/c20-15-8-14(9-16(21)11-15)13-2-1-3-18(10-13)27(25,26)22-17-6-4-12(5-7-17)19(23)24/h1-11,22H,(H,23,24). The molecular weight excluding hydrogens is 376 g/mol. The Morgan fingerprint density at radius 2 is 1.48 bits per heavy atom. The van der Waals surface area contributed by atoms with Gasteiger partial charge in [-0.2, -0.15) is 0 Å². The molecule has 138 valence electrons. The SMILES string of the molecule is O=C(O)c1ccc(NS(=O)(=O)c2cccc(-c3cc(F)cc(F)c3)c2)cc1. The van der Waals surface area contributed by atoms with Crippen molar-refractivity contribution in [2.24, 2.45) is 0 Å². The molecule has 8 heteroatoms. The molecule has 0 heterocycles. The zero-order chi connectivity index (χ0) is 19.6. The molecule has 0 amide bonds. The van der Waals surface area contributed by atoms with Crippen LogP contribution in [0.15, 0.2) is 71.6 Å². The molecule has 0 saturated carbocycles. The van der Waals surface area contributed by atoms with E-state index >= 15 is 0 Å². The average molecular weight is 389 g/mol. The third-order valence-corrected chi connectivity index (χ3v) is 5.10. The number of anilines is 1. The number of sulfonamides is 1. The number of hydrogen-bond donors (Lipinski definition) is 2. The van der Waals surface area contributed by atoms with Gasteiger partial charge in [-0.05, 0) is 59.7 Å². The predicted octanol–water partition coefficient (Wildman–Crippen LogP) is 4.13. The number of carboxylic acid groups (broad SMARTS) is 1. The highest BCUT2D eigenvalue weighted by atomic mass is 32.2. The Bertz CT molecular complexity index is 1090. The van der Waals surface area contributed by atoms with E-state index in [0.717, 1.165) is 18.2 Å². The normalized spacial score (nSPS) is 11.2. The van der Waals surface area contributed by atoms with Gasteiger partial charge in [0.15, 0.2) is 0 Å². The Morgan fingerprint density at radius 1 is 0.852 bits per heavy atom. The quantitative estimate of drug-likeness (QED) is 0.687. The molecule has 0 bridgehead atoms. The van der Waals surface area contributed by atoms with Crippen molar-refractivity contribution in [2.45, 2.75) is 4.90 Å². The van der Waals surface area contributed by atoms with Gasteiger partial charge in [0.1, 0.15) is 11.6 Å². The maximum absolute atomic E-state index is 13.4. The van der Waals surface area contributed by atoms with E-state index in [-0.39, 0.29) is 21.7 Å². The molecule has 5 nitrogen and oxygen atoms in total. The van der Waals surface area contributed by atoms with Crippen LogP contribution in [-0.4, -0.2) is 19.5 Å². The summed E-state index contributed by atoms with van der Waals surface area (Å²) in [6, 6.07) is 13.8. The fraction of sp³-hybridized carbons (Fsp3) is 0. The fourth-order valence-electron chi connectivity index (χ4n) is 2.46. The van der Waals surface area contributed by atoms with Gasteiger partial charge < -0.3 is 5.11 Å². The third kappa shape index (κ3) is 4.29. The largest absolute Gasteiger partial charge is 0.478 e. The van der Waals surface area contributed by atoms with Gasteiger partial charge >= 0.3 is 5.97 Å². The van der Waals surface area contributed by atoms with Crippen molar-refractivity contribution < 1.29 is 27.1 Å². The minimum Gasteiger partial charge on any atom is -0.478 e. The molecule has 0 radical (unpaired) electrons. The summed E-state index contributed by atoms with van der Waals surface area (Å²) >= 11 is 0. The van der Waals surface area contributed by atoms with Gasteiger partial charge in [0.2, 0.25) is 0 Å². The molecule has 0 spiro atoms. The van der Waals surface area contributed by atoms with Crippen molar-refractivity contribution >= 4 is 21.7 Å². The van der Waals surface area contributed by atoms with Crippen LogP contribution in [-0.2, 0) is 10.0 Å². The second-order valence-corrected chi connectivity index (χ2v) is 7.36. The Kier molecular flexibility index (Phi) is 4.91. The van der Waals surface area contributed by atoms with Crippen LogP contribution in [0.25, 0.3) is 11.1 Å². The summed E-state index contributed by atoms with van der Waals surface area (Å²) in [5.41, 5.74) is 0.739. The molecule has 0 aliphatic rings. The predicted molar refractivity (Wildman–Crippen MR) is 96.0 cm³/mol. The number of halogens is 2. The molecule has 3 aromatic carbocycles. The monoisotopic (exact) mass is 389 g/mol. The molecule has 0 aromatic heterocycles. The first kappa shape index (κ1) is 18.5. The van der Waals surface area contributed by atoms with E-state index in [1.807, 2.05) is 0 Å². The number of hydrogen-bond acceptors (Lipinski definition) is 3. The molecule has 2 N–H and O–H groups in total. The van der Waals surface area contributed by atoms with Crippen LogP contribution in [0.4, 0.5) is 14.5 Å². The highest BCUT2D eigenvalue weighted by Crippen LogP contribution is 2.25. The summed E-state index contributed by atoms with van der Waals surface area (Å²) in [6.45, 7) is 0. The van der Waals surface area contributed by atoms with Crippen LogP contribution in [0.3, 0.4) is 0 Å². The third-order valence-electron chi connectivity index (χ3n) is 3.72. The first-order valence-electron chi connectivity index (χ1n) is 7.67. The second kappa shape index (κ2) is 7.16. The van der Waals surface area contributed by atoms with Crippen molar-refractivity contribution in [1.82, 2.24) is 0 Å². The number of aromatic carboxylic acids is 1. The van der Waals surface area contributed by atoms with Gasteiger partial charge in [-0.3, -0.25) is 4.72 Å². The minimum absolute atomic E-state index is 0.0214. The first-order chi connectivity index (χ1) is 12.7. The van der Waals surface area contributed by atoms with Crippen LogP contribution in [0, 0.1) is 11.6 Å². The summed E-state index contributed by atoms with van der Waals surface area (Å²) in [4.78, 5) is 10.7. The minimum atomic E-state index is -3.98. The highest BCUT2D eigenvalue weighted by molar-refractivity contribution is 7.92. The van der Waals surface area contributed by atoms with Gasteiger partial charge in [-0.1, -0.05) is 12.1 Å². The van der Waals surface area contributed by atoms with E-state index in [0.29, 0.717) is 5.56 Å². The lowest BCUT2D eigenvalue weighted by Crippen LogP contribution is -2.13. The average Bonchev–Trinajstić information content (AvgIpc) is 2.61. The maximum Gasteiger partial charge on any atom is 0.335 e. The van der Waals surface area contributed by atoms with Gasteiger partial charge in [0, 0.05) is 11.8 Å². The lowest BCUT2D eigenvalue weighted by molar-refractivity contribution is 0.0697. The lowest BCUT2D eigenvalue weighted by atomic mass is 10.1. The van der Waals surface area contributed by atoms with Crippen molar-refractivity contribution in [3.05, 3.63) is 83.9 Å². The molecule has 0 aliphatic carbocycles. The summed E-state index contributed by atoms with van der Waals surface area (Å²) in [5.74, 6) is -2.66. The van der Waals surface area contributed by atoms with Crippen molar-refractivity contribution in [1.29, 1.82) is 0 Å². The van der Waals surface area contributed by atoms with E-state index in [9.17, 15) is 22.0 Å². The Balaban J connectivity index is 1.92. The zero-order valence-corrected chi connectivity index (χ0v) is 14.5. The molecular formula is C19H13F2NO4S. The summed E-state index contributed by atoms with van der Waals surface area (Å²) in [7, 11) is -3.98. The summed E-state index contributed by atoms with van der Waals surface area (Å²) in [5, 5.41) is 8.87. The van der Waals surface area contributed by atoms with Gasteiger partial charge in [-0.15, -0.1) is 0 Å². The van der Waals surface area contributed by atoms with Gasteiger partial charge in [0.25, 0.3) is 10.0 Å². The summed E-state index contributed by atoms with van der Waals surface area (Å²) in [6.07, 6.45) is 0. The van der Waals surface area contributed by atoms with Crippen LogP contribution in [0.2, 0.25) is 0 Å². The number of benzene rings is 3. The summed E-state index contributed by atoms with van der Waals surface area (Å²) < 4.78 is 54.3. The molecule has 0 unspecified atom stereocenters. The van der Waals surface area contributed by atoms with E-state index in [2.05, 4.69) is 4.72 Å². The van der Waals surface area contributed by atoms with E-state index in [4.69, 9.17) is 5.11 Å². The van der Waals surface area contributed by atoms with Gasteiger partial charge in [0.05, 0.1) is 10.5 Å². The Labute approximate surface area is 154 Å². The zero-order valence-electron chi connectivity index (χ0n) is 13.7. The molecule has 0 saturated heterocycles. The van der Waals surface area contributed by atoms with Gasteiger partial charge in [-0.25, -0.2) is 22.0 Å². The Hall–Kier alpha value is -3.26. The lowest BCUT2D eigenvalue weighted by Gasteiger charge is -2.10. The molecule has 0 fully saturated rings. The van der Waals surface area contributed by atoms with Crippen LogP contribution >= 0.6 is 0 Å². The highest BCUT2D eigenvalue weighted by Gasteiger charge is 2.16. The molecule has 27 heavy (non-hydrogen) atoms. The molecule has 0 aliphatic heterocycles. The smallest absolute Gasteiger partial charge is 0.335 e. The van der Waals surface area contributed by atoms with Crippen LogP contribution in [0.1, 0.15) is 10.4 Å². The van der Waals surface area contributed by atoms with Crippen LogP contribution in [0.5, 0.6) is 0 Å². The second-order valence-electron chi connectivity index (χ2n) is 5.67. The van der Waals surface area contributed by atoms with Crippen molar-refractivity contribution in [3.8, 4) is 11.1 Å². The molecule has 0 atom stereocenters. The van der Waals surface area contributed by atoms with E-state index in [1.54, 1.807) is 0 Å². The molecule has 3 rings (SSSR count). The number of carboxylic acids is 1. The van der Waals surface area contributed by atoms with E-state index < -0.39 is 27.6 Å². The number of rotatable bonds is 5. The van der Waals surface area contributed by atoms with E-state index in [1.165, 1.54) is 48.5 Å². The molecule has 3 aromatic rings. The number of nitrogens with one attached hydrogen (secondary N) is 1. The van der Waals surface area contributed by atoms with Crippen molar-refractivity contribution in [3.63, 3.8) is 0 Å². The first-order valence-corrected chi connectivity index (χ1v) is 9.16. The van der Waals surface area contributed by atoms with Crippen LogP contribution < -0.4 is 4.72 Å². The maximum atomic E-state index is 13.4. The topological polar surface area (TPSA) is 83.5 Å². The number of carbonyl (C=O) groups is 1. The fourth-order valence-corrected chi connectivity index (χ4v) is 3.56.